The molecule has 1 aliphatic rings. The molecular weight excluding hydrogens is 298 g/mol. The molecule has 2 aromatic rings. The predicted molar refractivity (Wildman–Crippen MR) is 85.2 cm³/mol. The number of carbonyl (C=O) groups excluding carboxylic acids is 1. The zero-order chi connectivity index (χ0) is 15.7. The van der Waals surface area contributed by atoms with Gasteiger partial charge in [-0.2, -0.15) is 0 Å². The van der Waals surface area contributed by atoms with Crippen LogP contribution in [0.3, 0.4) is 0 Å². The molecule has 4 nitrogen and oxygen atoms in total. The normalized spacial score (nSPS) is 19.7. The number of carboxylic acids is 1. The molecule has 1 aromatic heterocycles. The lowest BCUT2D eigenvalue weighted by atomic mass is 10.1. The Hall–Kier alpha value is -2.14. The second-order valence-electron chi connectivity index (χ2n) is 5.62. The topological polar surface area (TPSA) is 66.4 Å². The van der Waals surface area contributed by atoms with Crippen molar-refractivity contribution in [1.82, 2.24) is 5.32 Å². The van der Waals surface area contributed by atoms with Crippen LogP contribution in [-0.4, -0.2) is 17.0 Å². The molecular formula is C17H17NO3S. The van der Waals surface area contributed by atoms with E-state index in [1.54, 1.807) is 29.5 Å². The Labute approximate surface area is 132 Å². The minimum Gasteiger partial charge on any atom is -0.478 e. The first-order valence-corrected chi connectivity index (χ1v) is 8.02. The van der Waals surface area contributed by atoms with Gasteiger partial charge in [0.2, 0.25) is 5.91 Å². The number of carbonyl (C=O) groups is 2. The van der Waals surface area contributed by atoms with Crippen LogP contribution in [0.5, 0.6) is 0 Å². The van der Waals surface area contributed by atoms with Crippen molar-refractivity contribution in [2.75, 3.05) is 0 Å². The van der Waals surface area contributed by atoms with Crippen molar-refractivity contribution in [3.05, 3.63) is 57.3 Å². The molecule has 1 fully saturated rings. The molecule has 1 heterocycles. The summed E-state index contributed by atoms with van der Waals surface area (Å²) in [6.45, 7) is 2.44. The van der Waals surface area contributed by atoms with Crippen LogP contribution < -0.4 is 5.32 Å². The zero-order valence-electron chi connectivity index (χ0n) is 12.2. The molecule has 2 N–H and O–H groups in total. The minimum atomic E-state index is -0.955. The lowest BCUT2D eigenvalue weighted by molar-refractivity contribution is -0.122. The molecule has 0 saturated heterocycles. The van der Waals surface area contributed by atoms with E-state index >= 15 is 0 Å². The van der Waals surface area contributed by atoms with E-state index in [2.05, 4.69) is 24.4 Å². The molecule has 1 aliphatic carbocycles. The molecule has 2 atom stereocenters. The molecule has 5 heteroatoms. The van der Waals surface area contributed by atoms with Crippen LogP contribution in [0.4, 0.5) is 0 Å². The molecule has 0 spiro atoms. The third-order valence-corrected chi connectivity index (χ3v) is 5.03. The summed E-state index contributed by atoms with van der Waals surface area (Å²) in [5, 5.41) is 11.9. The molecule has 3 rings (SSSR count). The highest BCUT2D eigenvalue weighted by Crippen LogP contribution is 2.49. The fraction of sp³-hybridized carbons (Fsp3) is 0.294. The van der Waals surface area contributed by atoms with Crippen molar-refractivity contribution in [2.24, 2.45) is 5.92 Å². The average molecular weight is 315 g/mol. The maximum atomic E-state index is 12.2. The molecule has 1 aromatic carbocycles. The van der Waals surface area contributed by atoms with Crippen molar-refractivity contribution in [1.29, 1.82) is 0 Å². The van der Waals surface area contributed by atoms with Gasteiger partial charge in [0, 0.05) is 28.1 Å². The molecule has 0 bridgehead atoms. The van der Waals surface area contributed by atoms with Crippen molar-refractivity contribution in [3.8, 4) is 0 Å². The van der Waals surface area contributed by atoms with Crippen LogP contribution in [-0.2, 0) is 11.3 Å². The van der Waals surface area contributed by atoms with E-state index in [0.717, 1.165) is 12.0 Å². The number of amides is 1. The molecule has 1 saturated carbocycles. The Morgan fingerprint density at radius 1 is 1.32 bits per heavy atom. The van der Waals surface area contributed by atoms with Gasteiger partial charge in [0.05, 0.1) is 5.56 Å². The van der Waals surface area contributed by atoms with E-state index < -0.39 is 5.97 Å². The number of rotatable bonds is 5. The molecule has 22 heavy (non-hydrogen) atoms. The molecule has 1 amide bonds. The maximum Gasteiger partial charge on any atom is 0.335 e. The molecule has 0 radical (unpaired) electrons. The Bertz CT molecular complexity index is 722. The summed E-state index contributed by atoms with van der Waals surface area (Å²) < 4.78 is 0. The van der Waals surface area contributed by atoms with Gasteiger partial charge < -0.3 is 10.4 Å². The number of carboxylic acid groups (broad SMARTS) is 1. The van der Waals surface area contributed by atoms with Crippen LogP contribution in [0.15, 0.2) is 36.4 Å². The number of benzene rings is 1. The van der Waals surface area contributed by atoms with E-state index in [-0.39, 0.29) is 17.4 Å². The van der Waals surface area contributed by atoms with Crippen molar-refractivity contribution >= 4 is 23.2 Å². The Morgan fingerprint density at radius 3 is 2.82 bits per heavy atom. The third kappa shape index (κ3) is 3.20. The Balaban J connectivity index is 1.55. The first-order valence-electron chi connectivity index (χ1n) is 7.21. The van der Waals surface area contributed by atoms with Gasteiger partial charge in [-0.15, -0.1) is 11.3 Å². The second kappa shape index (κ2) is 5.93. The lowest BCUT2D eigenvalue weighted by Gasteiger charge is -2.06. The second-order valence-corrected chi connectivity index (χ2v) is 6.94. The van der Waals surface area contributed by atoms with Crippen LogP contribution in [0.25, 0.3) is 0 Å². The number of aryl methyl sites for hydroxylation is 1. The number of hydrogen-bond donors (Lipinski definition) is 2. The fourth-order valence-electron chi connectivity index (χ4n) is 2.59. The van der Waals surface area contributed by atoms with Gasteiger partial charge in [0.1, 0.15) is 0 Å². The van der Waals surface area contributed by atoms with Crippen molar-refractivity contribution in [2.45, 2.75) is 25.8 Å². The predicted octanol–water partition coefficient (Wildman–Crippen LogP) is 3.17. The Morgan fingerprint density at radius 2 is 2.14 bits per heavy atom. The quantitative estimate of drug-likeness (QED) is 0.890. The maximum absolute atomic E-state index is 12.2. The number of thiophene rings is 1. The van der Waals surface area contributed by atoms with Crippen LogP contribution in [0, 0.1) is 12.8 Å². The average Bonchev–Trinajstić information content (AvgIpc) is 3.20. The highest BCUT2D eigenvalue weighted by molar-refractivity contribution is 7.12. The van der Waals surface area contributed by atoms with Gasteiger partial charge in [-0.05, 0) is 43.2 Å². The summed E-state index contributed by atoms with van der Waals surface area (Å²) in [7, 11) is 0. The van der Waals surface area contributed by atoms with Gasteiger partial charge >= 0.3 is 5.97 Å². The zero-order valence-corrected chi connectivity index (χ0v) is 13.0. The summed E-state index contributed by atoms with van der Waals surface area (Å²) >= 11 is 1.75. The van der Waals surface area contributed by atoms with Crippen molar-refractivity contribution < 1.29 is 14.7 Å². The standard InChI is InChI=1S/C17H17NO3S/c1-10-5-6-15(22-10)13-8-14(13)16(19)18-9-11-3-2-4-12(7-11)17(20)21/h2-7,13-14H,8-9H2,1H3,(H,18,19)(H,20,21)/t13-,14-/m1/s1. The third-order valence-electron chi connectivity index (χ3n) is 3.89. The van der Waals surface area contributed by atoms with Gasteiger partial charge in [-0.25, -0.2) is 4.79 Å². The number of nitrogens with one attached hydrogen (secondary N) is 1. The number of aromatic carboxylic acids is 1. The smallest absolute Gasteiger partial charge is 0.335 e. The highest BCUT2D eigenvalue weighted by Gasteiger charge is 2.44. The summed E-state index contributed by atoms with van der Waals surface area (Å²) in [6.07, 6.45) is 0.904. The highest BCUT2D eigenvalue weighted by atomic mass is 32.1. The lowest BCUT2D eigenvalue weighted by Crippen LogP contribution is -2.24. The van der Waals surface area contributed by atoms with E-state index in [1.165, 1.54) is 9.75 Å². The number of hydrogen-bond acceptors (Lipinski definition) is 3. The van der Waals surface area contributed by atoms with Gasteiger partial charge in [0.25, 0.3) is 0 Å². The van der Waals surface area contributed by atoms with Crippen molar-refractivity contribution in [3.63, 3.8) is 0 Å². The van der Waals surface area contributed by atoms with E-state index in [9.17, 15) is 9.59 Å². The summed E-state index contributed by atoms with van der Waals surface area (Å²) in [5.74, 6) is -0.495. The van der Waals surface area contributed by atoms with Gasteiger partial charge in [-0.1, -0.05) is 12.1 Å². The summed E-state index contributed by atoms with van der Waals surface area (Å²) in [6, 6.07) is 10.8. The molecule has 0 unspecified atom stereocenters. The Kier molecular flexibility index (Phi) is 3.98. The summed E-state index contributed by atoms with van der Waals surface area (Å²) in [4.78, 5) is 25.6. The first kappa shape index (κ1) is 14.8. The van der Waals surface area contributed by atoms with Crippen LogP contribution in [0.1, 0.15) is 38.0 Å². The van der Waals surface area contributed by atoms with Crippen LogP contribution in [0.2, 0.25) is 0 Å². The van der Waals surface area contributed by atoms with E-state index in [1.807, 2.05) is 6.07 Å². The van der Waals surface area contributed by atoms with E-state index in [0.29, 0.717) is 12.5 Å². The fourth-order valence-corrected chi connectivity index (χ4v) is 3.64. The van der Waals surface area contributed by atoms with Crippen LogP contribution >= 0.6 is 11.3 Å². The van der Waals surface area contributed by atoms with E-state index in [4.69, 9.17) is 5.11 Å². The minimum absolute atomic E-state index is 0.0526. The first-order chi connectivity index (χ1) is 10.5. The monoisotopic (exact) mass is 315 g/mol. The summed E-state index contributed by atoms with van der Waals surface area (Å²) in [5.41, 5.74) is 1.04. The largest absolute Gasteiger partial charge is 0.478 e. The van der Waals surface area contributed by atoms with Gasteiger partial charge in [0.15, 0.2) is 0 Å². The SMILES string of the molecule is Cc1ccc([C@@H]2C[C@H]2C(=O)NCc2cccc(C(=O)O)c2)s1. The molecule has 114 valence electrons. The molecule has 0 aliphatic heterocycles. The van der Waals surface area contributed by atoms with Gasteiger partial charge in [-0.3, -0.25) is 4.79 Å².